The summed E-state index contributed by atoms with van der Waals surface area (Å²) in [5, 5.41) is 3.19. The van der Waals surface area contributed by atoms with Crippen molar-refractivity contribution in [3.8, 4) is 5.75 Å². The molecule has 0 aliphatic heterocycles. The smallest absolute Gasteiger partial charge is 0.264 e. The van der Waals surface area contributed by atoms with E-state index in [-0.39, 0.29) is 17.3 Å². The number of rotatable bonds is 11. The van der Waals surface area contributed by atoms with Crippen LogP contribution in [0.1, 0.15) is 30.5 Å². The van der Waals surface area contributed by atoms with Gasteiger partial charge < -0.3 is 15.0 Å². The second-order valence-electron chi connectivity index (χ2n) is 9.20. The minimum atomic E-state index is -4.15. The highest BCUT2D eigenvalue weighted by atomic mass is 35.5. The van der Waals surface area contributed by atoms with Crippen LogP contribution in [-0.2, 0) is 26.2 Å². The minimum Gasteiger partial charge on any atom is -0.497 e. The number of hydrogen-bond donors (Lipinski definition) is 1. The van der Waals surface area contributed by atoms with Crippen LogP contribution in [0.25, 0.3) is 0 Å². The van der Waals surface area contributed by atoms with Gasteiger partial charge in [-0.1, -0.05) is 41.4 Å². The fourth-order valence-corrected chi connectivity index (χ4v) is 5.83. The number of amides is 2. The van der Waals surface area contributed by atoms with Gasteiger partial charge in [-0.3, -0.25) is 13.9 Å². The number of sulfonamides is 1. The normalized spacial score (nSPS) is 11.9. The molecule has 0 spiro atoms. The first kappa shape index (κ1) is 30.0. The van der Waals surface area contributed by atoms with Gasteiger partial charge in [0.05, 0.1) is 17.7 Å². The van der Waals surface area contributed by atoms with E-state index in [1.54, 1.807) is 76.4 Å². The zero-order valence-electron chi connectivity index (χ0n) is 22.8. The van der Waals surface area contributed by atoms with Crippen molar-refractivity contribution in [2.45, 2.75) is 45.2 Å². The van der Waals surface area contributed by atoms with Gasteiger partial charge in [-0.25, -0.2) is 8.42 Å². The van der Waals surface area contributed by atoms with Gasteiger partial charge in [0, 0.05) is 18.1 Å². The number of aryl methyl sites for hydroxylation is 2. The molecule has 0 saturated carbocycles. The molecule has 39 heavy (non-hydrogen) atoms. The fraction of sp³-hybridized carbons (Fsp3) is 0.310. The number of ether oxygens (including phenoxy) is 1. The van der Waals surface area contributed by atoms with Crippen LogP contribution in [0.15, 0.2) is 71.6 Å². The van der Waals surface area contributed by atoms with E-state index in [1.165, 1.54) is 17.0 Å². The van der Waals surface area contributed by atoms with E-state index >= 15 is 0 Å². The molecular weight excluding hydrogens is 538 g/mol. The number of carbonyl (C=O) groups excluding carboxylic acids is 2. The van der Waals surface area contributed by atoms with E-state index in [2.05, 4.69) is 5.32 Å². The summed E-state index contributed by atoms with van der Waals surface area (Å²) < 4.78 is 34.2. The SMILES string of the molecule is CCNC(=O)C(C)N(Cc1cccc(OC)c1)C(=O)CN(c1ccc(Cl)cc1C)S(=O)(=O)c1ccc(C)cc1. The number of methoxy groups -OCH3 is 1. The minimum absolute atomic E-state index is 0.0476. The Morgan fingerprint density at radius 2 is 1.72 bits per heavy atom. The molecule has 0 fully saturated rings. The first-order valence-electron chi connectivity index (χ1n) is 12.5. The highest BCUT2D eigenvalue weighted by molar-refractivity contribution is 7.92. The summed E-state index contributed by atoms with van der Waals surface area (Å²) in [6.45, 7) is 6.95. The average Bonchev–Trinajstić information content (AvgIpc) is 2.90. The Hall–Kier alpha value is -3.56. The van der Waals surface area contributed by atoms with Crippen molar-refractivity contribution in [3.63, 3.8) is 0 Å². The van der Waals surface area contributed by atoms with Gasteiger partial charge in [0.25, 0.3) is 10.0 Å². The van der Waals surface area contributed by atoms with Gasteiger partial charge in [0.15, 0.2) is 0 Å². The largest absolute Gasteiger partial charge is 0.497 e. The Morgan fingerprint density at radius 3 is 2.33 bits per heavy atom. The number of anilines is 1. The van der Waals surface area contributed by atoms with Crippen molar-refractivity contribution in [2.75, 3.05) is 24.5 Å². The Balaban J connectivity index is 2.07. The molecule has 1 unspecified atom stereocenters. The second-order valence-corrected chi connectivity index (χ2v) is 11.5. The van der Waals surface area contributed by atoms with Crippen molar-refractivity contribution in [2.24, 2.45) is 0 Å². The van der Waals surface area contributed by atoms with Crippen molar-refractivity contribution >= 4 is 39.1 Å². The van der Waals surface area contributed by atoms with Gasteiger partial charge >= 0.3 is 0 Å². The lowest BCUT2D eigenvalue weighted by molar-refractivity contribution is -0.139. The molecule has 0 saturated heterocycles. The fourth-order valence-electron chi connectivity index (χ4n) is 4.12. The van der Waals surface area contributed by atoms with Crippen LogP contribution in [-0.4, -0.2) is 51.4 Å². The number of halogens is 1. The van der Waals surface area contributed by atoms with E-state index in [0.29, 0.717) is 28.6 Å². The summed E-state index contributed by atoms with van der Waals surface area (Å²) in [6, 6.07) is 17.5. The van der Waals surface area contributed by atoms with Gasteiger partial charge in [-0.05, 0) is 81.3 Å². The van der Waals surface area contributed by atoms with Gasteiger partial charge in [0.1, 0.15) is 18.3 Å². The maximum absolute atomic E-state index is 13.9. The molecule has 0 aliphatic carbocycles. The number of hydrogen-bond acceptors (Lipinski definition) is 5. The molecule has 8 nitrogen and oxygen atoms in total. The molecule has 10 heteroatoms. The lowest BCUT2D eigenvalue weighted by atomic mass is 10.1. The molecular formula is C29H34ClN3O5S. The molecule has 208 valence electrons. The van der Waals surface area contributed by atoms with Crippen molar-refractivity contribution in [1.82, 2.24) is 10.2 Å². The quantitative estimate of drug-likeness (QED) is 0.359. The van der Waals surface area contributed by atoms with Gasteiger partial charge in [-0.2, -0.15) is 0 Å². The summed E-state index contributed by atoms with van der Waals surface area (Å²) in [5.41, 5.74) is 2.54. The predicted octanol–water partition coefficient (Wildman–Crippen LogP) is 4.71. The molecule has 0 aromatic heterocycles. The monoisotopic (exact) mass is 571 g/mol. The number of nitrogens with zero attached hydrogens (tertiary/aromatic N) is 2. The molecule has 1 atom stereocenters. The first-order chi connectivity index (χ1) is 18.5. The van der Waals surface area contributed by atoms with Crippen LogP contribution in [0.2, 0.25) is 5.02 Å². The topological polar surface area (TPSA) is 96.0 Å². The highest BCUT2D eigenvalue weighted by Gasteiger charge is 2.33. The standard InChI is InChI=1S/C29H34ClN3O5S/c1-6-31-29(35)22(4)32(18-23-8-7-9-25(17-23)38-5)28(34)19-33(27-15-12-24(30)16-21(27)3)39(36,37)26-13-10-20(2)11-14-26/h7-17,22H,6,18-19H2,1-5H3,(H,31,35). The molecule has 3 rings (SSSR count). The summed E-state index contributed by atoms with van der Waals surface area (Å²) >= 11 is 6.15. The zero-order chi connectivity index (χ0) is 28.7. The van der Waals surface area contributed by atoms with E-state index in [0.717, 1.165) is 15.4 Å². The van der Waals surface area contributed by atoms with Crippen molar-refractivity contribution in [1.29, 1.82) is 0 Å². The maximum atomic E-state index is 13.9. The lowest BCUT2D eigenvalue weighted by Gasteiger charge is -2.32. The molecule has 0 bridgehead atoms. The third-order valence-corrected chi connectivity index (χ3v) is 8.33. The zero-order valence-corrected chi connectivity index (χ0v) is 24.3. The van der Waals surface area contributed by atoms with Crippen LogP contribution in [0.5, 0.6) is 5.75 Å². The molecule has 0 radical (unpaired) electrons. The van der Waals surface area contributed by atoms with Crippen LogP contribution in [0, 0.1) is 13.8 Å². The molecule has 0 aliphatic rings. The number of likely N-dealkylation sites (N-methyl/N-ethyl adjacent to an activating group) is 1. The molecule has 1 N–H and O–H groups in total. The van der Waals surface area contributed by atoms with Gasteiger partial charge in [0.2, 0.25) is 11.8 Å². The average molecular weight is 572 g/mol. The van der Waals surface area contributed by atoms with Gasteiger partial charge in [-0.15, -0.1) is 0 Å². The van der Waals surface area contributed by atoms with E-state index in [9.17, 15) is 18.0 Å². The number of carbonyl (C=O) groups is 2. The third kappa shape index (κ3) is 7.30. The Kier molecular flexibility index (Phi) is 9.99. The molecule has 3 aromatic rings. The van der Waals surface area contributed by atoms with E-state index in [1.807, 2.05) is 13.0 Å². The second kappa shape index (κ2) is 13.0. The van der Waals surface area contributed by atoms with Crippen molar-refractivity contribution < 1.29 is 22.7 Å². The Morgan fingerprint density at radius 1 is 1.03 bits per heavy atom. The number of benzene rings is 3. The van der Waals surface area contributed by atoms with E-state index < -0.39 is 28.5 Å². The molecule has 0 heterocycles. The van der Waals surface area contributed by atoms with E-state index in [4.69, 9.17) is 16.3 Å². The first-order valence-corrected chi connectivity index (χ1v) is 14.4. The van der Waals surface area contributed by atoms with Crippen LogP contribution in [0.3, 0.4) is 0 Å². The predicted molar refractivity (Wildman–Crippen MR) is 154 cm³/mol. The summed E-state index contributed by atoms with van der Waals surface area (Å²) in [4.78, 5) is 28.2. The Labute approximate surface area is 235 Å². The van der Waals surface area contributed by atoms with Crippen molar-refractivity contribution in [3.05, 3.63) is 88.4 Å². The summed E-state index contributed by atoms with van der Waals surface area (Å²) in [5.74, 6) is -0.281. The lowest BCUT2D eigenvalue weighted by Crippen LogP contribution is -2.51. The highest BCUT2D eigenvalue weighted by Crippen LogP contribution is 2.29. The van der Waals surface area contributed by atoms with Crippen LogP contribution < -0.4 is 14.4 Å². The van der Waals surface area contributed by atoms with Crippen LogP contribution >= 0.6 is 11.6 Å². The summed E-state index contributed by atoms with van der Waals surface area (Å²) in [6.07, 6.45) is 0. The molecule has 2 amide bonds. The Bertz CT molecular complexity index is 1430. The molecule has 3 aromatic carbocycles. The third-order valence-electron chi connectivity index (χ3n) is 6.32. The van der Waals surface area contributed by atoms with Crippen LogP contribution in [0.4, 0.5) is 5.69 Å². The maximum Gasteiger partial charge on any atom is 0.264 e. The summed E-state index contributed by atoms with van der Waals surface area (Å²) in [7, 11) is -2.61. The number of nitrogens with one attached hydrogen (secondary N) is 1.